The molecule has 0 fully saturated rings. The standard InChI is InChI=1S/C50H85NO7/c1-6-8-10-12-14-16-18-20-22-24-25-27-28-30-32-34-36-38-40-48(52)57-45-46(44-56-43-42-47(50(54)55)51(3,4)5)58-49(53)41-39-37-35-33-31-29-26-23-21-19-17-15-13-11-9-7-2/h9,11,15,17,21,23,25,27,29,31,35,37,46-47H,6-8,10,12-14,16,18-20,22,24,26,28,30,32-34,36,38-45H2,1-5H3/b11-9+,17-15+,23-21+,27-25+,31-29+,37-35+. The van der Waals surface area contributed by atoms with E-state index in [1.165, 1.54) is 70.6 Å². The number of hydrogen-bond donors (Lipinski definition) is 0. The summed E-state index contributed by atoms with van der Waals surface area (Å²) in [6, 6.07) is -0.742. The molecule has 2 unspecified atom stereocenters. The van der Waals surface area contributed by atoms with Crippen molar-refractivity contribution in [2.24, 2.45) is 0 Å². The Kier molecular flexibility index (Phi) is 38.3. The van der Waals surface area contributed by atoms with Crippen molar-refractivity contribution < 1.29 is 38.2 Å². The van der Waals surface area contributed by atoms with Gasteiger partial charge in [0.1, 0.15) is 12.6 Å². The number of carbonyl (C=O) groups excluding carboxylic acids is 3. The number of quaternary nitrogens is 1. The van der Waals surface area contributed by atoms with Crippen molar-refractivity contribution in [2.45, 2.75) is 187 Å². The van der Waals surface area contributed by atoms with E-state index in [2.05, 4.69) is 74.6 Å². The van der Waals surface area contributed by atoms with Gasteiger partial charge in [0.05, 0.1) is 40.3 Å². The smallest absolute Gasteiger partial charge is 0.306 e. The van der Waals surface area contributed by atoms with E-state index in [1.54, 1.807) is 21.1 Å². The van der Waals surface area contributed by atoms with Crippen molar-refractivity contribution in [3.05, 3.63) is 72.9 Å². The molecule has 0 radical (unpaired) electrons. The van der Waals surface area contributed by atoms with Gasteiger partial charge in [0.15, 0.2) is 6.10 Å². The number of unbranched alkanes of at least 4 members (excludes halogenated alkanes) is 14. The summed E-state index contributed by atoms with van der Waals surface area (Å²) in [7, 11) is 5.37. The molecule has 8 nitrogen and oxygen atoms in total. The van der Waals surface area contributed by atoms with Gasteiger partial charge in [-0.25, -0.2) is 0 Å². The zero-order chi connectivity index (χ0) is 42.8. The van der Waals surface area contributed by atoms with Gasteiger partial charge in [-0.3, -0.25) is 9.59 Å². The van der Waals surface area contributed by atoms with Crippen LogP contribution in [-0.2, 0) is 28.6 Å². The van der Waals surface area contributed by atoms with Crippen LogP contribution in [0.5, 0.6) is 0 Å². The van der Waals surface area contributed by atoms with Crippen molar-refractivity contribution in [3.8, 4) is 0 Å². The summed E-state index contributed by atoms with van der Waals surface area (Å²) in [5, 5.41) is 11.6. The van der Waals surface area contributed by atoms with Gasteiger partial charge in [-0.15, -0.1) is 0 Å². The minimum absolute atomic E-state index is 0.00520. The molecule has 0 aromatic carbocycles. The van der Waals surface area contributed by atoms with E-state index >= 15 is 0 Å². The van der Waals surface area contributed by atoms with Gasteiger partial charge in [-0.2, -0.15) is 0 Å². The Morgan fingerprint density at radius 2 is 1.00 bits per heavy atom. The minimum Gasteiger partial charge on any atom is -0.544 e. The Hall–Kier alpha value is -3.23. The molecule has 58 heavy (non-hydrogen) atoms. The van der Waals surface area contributed by atoms with E-state index in [1.807, 2.05) is 12.2 Å². The van der Waals surface area contributed by atoms with E-state index in [9.17, 15) is 19.5 Å². The Morgan fingerprint density at radius 1 is 0.534 bits per heavy atom. The third-order valence-corrected chi connectivity index (χ3v) is 9.84. The maximum absolute atomic E-state index is 12.7. The molecule has 0 rings (SSSR count). The van der Waals surface area contributed by atoms with Gasteiger partial charge in [0, 0.05) is 19.3 Å². The van der Waals surface area contributed by atoms with Crippen LogP contribution in [0.4, 0.5) is 0 Å². The summed E-state index contributed by atoms with van der Waals surface area (Å²) in [4.78, 5) is 36.9. The van der Waals surface area contributed by atoms with Gasteiger partial charge in [0.25, 0.3) is 0 Å². The van der Waals surface area contributed by atoms with Gasteiger partial charge in [-0.1, -0.05) is 157 Å². The van der Waals surface area contributed by atoms with Crippen LogP contribution in [0.15, 0.2) is 72.9 Å². The maximum Gasteiger partial charge on any atom is 0.306 e. The Balaban J connectivity index is 4.44. The first kappa shape index (κ1) is 54.8. The molecule has 0 N–H and O–H groups in total. The van der Waals surface area contributed by atoms with Crippen LogP contribution in [0.25, 0.3) is 0 Å². The van der Waals surface area contributed by atoms with Gasteiger partial charge < -0.3 is 28.6 Å². The normalized spacial score (nSPS) is 13.6. The van der Waals surface area contributed by atoms with Crippen LogP contribution in [0, 0.1) is 0 Å². The molecule has 0 aliphatic rings. The molecule has 0 aromatic rings. The number of esters is 2. The molecule has 0 aromatic heterocycles. The summed E-state index contributed by atoms with van der Waals surface area (Å²) in [5.41, 5.74) is 0. The van der Waals surface area contributed by atoms with Crippen LogP contribution in [0.3, 0.4) is 0 Å². The molecule has 332 valence electrons. The number of rotatable bonds is 40. The lowest BCUT2D eigenvalue weighted by Crippen LogP contribution is -2.55. The molecule has 0 saturated heterocycles. The molecule has 0 heterocycles. The van der Waals surface area contributed by atoms with E-state index < -0.39 is 24.1 Å². The Bertz CT molecular complexity index is 1180. The molecule has 0 saturated carbocycles. The molecular weight excluding hydrogens is 727 g/mol. The fourth-order valence-electron chi connectivity index (χ4n) is 6.29. The second-order valence-electron chi connectivity index (χ2n) is 16.3. The van der Waals surface area contributed by atoms with E-state index in [-0.39, 0.29) is 43.1 Å². The summed E-state index contributed by atoms with van der Waals surface area (Å²) < 4.78 is 17.1. The molecular formula is C50H85NO7. The van der Waals surface area contributed by atoms with Crippen LogP contribution < -0.4 is 5.11 Å². The maximum atomic E-state index is 12.7. The monoisotopic (exact) mass is 812 g/mol. The molecule has 0 amide bonds. The number of likely N-dealkylation sites (N-methyl/N-ethyl adjacent to an activating group) is 1. The molecule has 0 bridgehead atoms. The highest BCUT2D eigenvalue weighted by atomic mass is 16.6. The second-order valence-corrected chi connectivity index (χ2v) is 16.3. The average molecular weight is 812 g/mol. The lowest BCUT2D eigenvalue weighted by atomic mass is 10.1. The average Bonchev–Trinajstić information content (AvgIpc) is 3.18. The summed E-state index contributed by atoms with van der Waals surface area (Å²) in [5.74, 6) is -1.86. The van der Waals surface area contributed by atoms with E-state index in [0.29, 0.717) is 12.8 Å². The fraction of sp³-hybridized carbons (Fsp3) is 0.700. The van der Waals surface area contributed by atoms with E-state index in [0.717, 1.165) is 64.2 Å². The highest BCUT2D eigenvalue weighted by Gasteiger charge is 2.25. The number of carbonyl (C=O) groups is 3. The number of allylic oxidation sites excluding steroid dienone is 12. The van der Waals surface area contributed by atoms with Crippen molar-refractivity contribution in [3.63, 3.8) is 0 Å². The van der Waals surface area contributed by atoms with Gasteiger partial charge in [-0.05, 0) is 70.6 Å². The Labute approximate surface area is 355 Å². The number of aliphatic carboxylic acids is 1. The summed E-state index contributed by atoms with van der Waals surface area (Å²) >= 11 is 0. The topological polar surface area (TPSA) is 102 Å². The van der Waals surface area contributed by atoms with Crippen LogP contribution in [-0.4, -0.2) is 75.5 Å². The Morgan fingerprint density at radius 3 is 1.50 bits per heavy atom. The highest BCUT2D eigenvalue weighted by Crippen LogP contribution is 2.13. The summed E-state index contributed by atoms with van der Waals surface area (Å²) in [6.45, 7) is 4.45. The van der Waals surface area contributed by atoms with Crippen molar-refractivity contribution >= 4 is 17.9 Å². The van der Waals surface area contributed by atoms with Crippen LogP contribution in [0.1, 0.15) is 174 Å². The number of ether oxygens (including phenoxy) is 3. The fourth-order valence-corrected chi connectivity index (χ4v) is 6.29. The molecule has 0 spiro atoms. The first-order valence-corrected chi connectivity index (χ1v) is 23.0. The third-order valence-electron chi connectivity index (χ3n) is 9.84. The zero-order valence-electron chi connectivity index (χ0n) is 37.7. The lowest BCUT2D eigenvalue weighted by Gasteiger charge is -2.34. The van der Waals surface area contributed by atoms with Crippen molar-refractivity contribution in [2.75, 3.05) is 41.0 Å². The van der Waals surface area contributed by atoms with Crippen molar-refractivity contribution in [1.29, 1.82) is 0 Å². The first-order valence-electron chi connectivity index (χ1n) is 23.0. The molecule has 0 aliphatic carbocycles. The quantitative estimate of drug-likeness (QED) is 0.0263. The van der Waals surface area contributed by atoms with Gasteiger partial charge >= 0.3 is 11.9 Å². The van der Waals surface area contributed by atoms with Crippen LogP contribution >= 0.6 is 0 Å². The number of hydrogen-bond acceptors (Lipinski definition) is 7. The third kappa shape index (κ3) is 38.3. The SMILES string of the molecule is CC/C=C/C/C=C/C/C=C/C/C=C/C/C=C/CCC(=O)OC(COCCC(C(=O)[O-])[N+](C)(C)C)COC(=O)CCCCCCC/C=C/CCCCCCCCCCC. The largest absolute Gasteiger partial charge is 0.544 e. The lowest BCUT2D eigenvalue weighted by molar-refractivity contribution is -0.889. The molecule has 0 aliphatic heterocycles. The number of nitrogens with zero attached hydrogens (tertiary/aromatic N) is 1. The van der Waals surface area contributed by atoms with Gasteiger partial charge in [0.2, 0.25) is 0 Å². The highest BCUT2D eigenvalue weighted by molar-refractivity contribution is 5.70. The first-order chi connectivity index (χ1) is 28.1. The predicted octanol–water partition coefficient (Wildman–Crippen LogP) is 11.4. The minimum atomic E-state index is -1.14. The van der Waals surface area contributed by atoms with E-state index in [4.69, 9.17) is 14.2 Å². The van der Waals surface area contributed by atoms with Crippen LogP contribution in [0.2, 0.25) is 0 Å². The second kappa shape index (κ2) is 40.5. The summed E-state index contributed by atoms with van der Waals surface area (Å²) in [6.07, 6.45) is 50.9. The number of carboxylic acid groups (broad SMARTS) is 1. The van der Waals surface area contributed by atoms with Crippen molar-refractivity contribution in [1.82, 2.24) is 0 Å². The number of carboxylic acids is 1. The molecule has 8 heteroatoms. The molecule has 2 atom stereocenters. The predicted molar refractivity (Wildman–Crippen MR) is 240 cm³/mol. The zero-order valence-corrected chi connectivity index (χ0v) is 37.7.